The second-order valence-electron chi connectivity index (χ2n) is 6.91. The first-order valence-corrected chi connectivity index (χ1v) is 8.13. The molecule has 4 nitrogen and oxygen atoms in total. The second-order valence-corrected chi connectivity index (χ2v) is 6.91. The summed E-state index contributed by atoms with van der Waals surface area (Å²) in [6, 6.07) is 15.4. The van der Waals surface area contributed by atoms with Gasteiger partial charge in [-0.3, -0.25) is 9.59 Å². The van der Waals surface area contributed by atoms with Crippen molar-refractivity contribution in [2.75, 3.05) is 5.32 Å². The first-order chi connectivity index (χ1) is 11.4. The number of carbonyl (C=O) groups excluding carboxylic acids is 2. The topological polar surface area (TPSA) is 49.4 Å². The Kier molecular flexibility index (Phi) is 4.14. The van der Waals surface area contributed by atoms with Gasteiger partial charge in [0, 0.05) is 30.3 Å². The van der Waals surface area contributed by atoms with Crippen molar-refractivity contribution in [3.8, 4) is 0 Å². The van der Waals surface area contributed by atoms with E-state index in [0.717, 1.165) is 6.42 Å². The molecule has 2 amide bonds. The Labute approximate surface area is 142 Å². The number of anilines is 1. The molecule has 0 aliphatic carbocycles. The number of amides is 2. The third-order valence-corrected chi connectivity index (χ3v) is 4.50. The predicted molar refractivity (Wildman–Crippen MR) is 94.8 cm³/mol. The molecule has 1 heterocycles. The standard InChI is InChI=1S/C20H22N2O2/c1-14(23)21-18-10-8-15(9-11-18)19(24)22-13-17-7-5-4-6-16(17)12-20(22,2)3/h4-11H,12-13H2,1-3H3,(H,21,23). The number of carbonyl (C=O) groups is 2. The van der Waals surface area contributed by atoms with Crippen LogP contribution in [0.3, 0.4) is 0 Å². The lowest BCUT2D eigenvalue weighted by Gasteiger charge is -2.43. The predicted octanol–water partition coefficient (Wildman–Crippen LogP) is 3.62. The van der Waals surface area contributed by atoms with E-state index in [1.54, 1.807) is 24.3 Å². The van der Waals surface area contributed by atoms with Gasteiger partial charge >= 0.3 is 0 Å². The van der Waals surface area contributed by atoms with Crippen molar-refractivity contribution >= 4 is 17.5 Å². The van der Waals surface area contributed by atoms with Crippen LogP contribution in [0.25, 0.3) is 0 Å². The summed E-state index contributed by atoms with van der Waals surface area (Å²) in [6.45, 7) is 6.29. The molecule has 0 spiro atoms. The number of hydrogen-bond donors (Lipinski definition) is 1. The van der Waals surface area contributed by atoms with Gasteiger partial charge in [0.05, 0.1) is 0 Å². The molecule has 0 fully saturated rings. The molecular formula is C20H22N2O2. The van der Waals surface area contributed by atoms with Gasteiger partial charge in [-0.25, -0.2) is 0 Å². The highest BCUT2D eigenvalue weighted by Crippen LogP contribution is 2.32. The van der Waals surface area contributed by atoms with E-state index in [9.17, 15) is 9.59 Å². The molecule has 0 radical (unpaired) electrons. The van der Waals surface area contributed by atoms with E-state index in [-0.39, 0.29) is 17.4 Å². The van der Waals surface area contributed by atoms with Gasteiger partial charge in [0.1, 0.15) is 0 Å². The fourth-order valence-electron chi connectivity index (χ4n) is 3.23. The first-order valence-electron chi connectivity index (χ1n) is 8.13. The summed E-state index contributed by atoms with van der Waals surface area (Å²) in [5.74, 6) is -0.105. The lowest BCUT2D eigenvalue weighted by molar-refractivity contribution is -0.114. The smallest absolute Gasteiger partial charge is 0.254 e. The summed E-state index contributed by atoms with van der Waals surface area (Å²) in [7, 11) is 0. The highest BCUT2D eigenvalue weighted by molar-refractivity contribution is 5.96. The van der Waals surface area contributed by atoms with Gasteiger partial charge in [0.15, 0.2) is 0 Å². The molecule has 4 heteroatoms. The molecule has 2 aromatic carbocycles. The largest absolute Gasteiger partial charge is 0.329 e. The SMILES string of the molecule is CC(=O)Nc1ccc(C(=O)N2Cc3ccccc3CC2(C)C)cc1. The molecule has 1 N–H and O–H groups in total. The van der Waals surface area contributed by atoms with Crippen molar-refractivity contribution in [3.63, 3.8) is 0 Å². The zero-order chi connectivity index (χ0) is 17.3. The molecule has 2 aromatic rings. The highest BCUT2D eigenvalue weighted by Gasteiger charge is 2.36. The lowest BCUT2D eigenvalue weighted by Crippen LogP contribution is -2.51. The van der Waals surface area contributed by atoms with Gasteiger partial charge in [0.25, 0.3) is 5.91 Å². The van der Waals surface area contributed by atoms with Gasteiger partial charge < -0.3 is 10.2 Å². The Hall–Kier alpha value is -2.62. The molecule has 3 rings (SSSR count). The molecule has 24 heavy (non-hydrogen) atoms. The zero-order valence-corrected chi connectivity index (χ0v) is 14.3. The second kappa shape index (κ2) is 6.11. The maximum Gasteiger partial charge on any atom is 0.254 e. The molecule has 0 saturated heterocycles. The van der Waals surface area contributed by atoms with Crippen LogP contribution in [-0.2, 0) is 17.8 Å². The highest BCUT2D eigenvalue weighted by atomic mass is 16.2. The lowest BCUT2D eigenvalue weighted by atomic mass is 9.85. The van der Waals surface area contributed by atoms with Gasteiger partial charge in [-0.2, -0.15) is 0 Å². The number of hydrogen-bond acceptors (Lipinski definition) is 2. The molecule has 0 bridgehead atoms. The number of nitrogens with zero attached hydrogens (tertiary/aromatic N) is 1. The Bertz CT molecular complexity index is 778. The summed E-state index contributed by atoms with van der Waals surface area (Å²) < 4.78 is 0. The van der Waals surface area contributed by atoms with Crippen molar-refractivity contribution in [1.29, 1.82) is 0 Å². The molecule has 1 aliphatic heterocycles. The van der Waals surface area contributed by atoms with Crippen molar-refractivity contribution in [3.05, 3.63) is 65.2 Å². The van der Waals surface area contributed by atoms with Crippen LogP contribution in [0.1, 0.15) is 42.3 Å². The van der Waals surface area contributed by atoms with E-state index < -0.39 is 0 Å². The van der Waals surface area contributed by atoms with Crippen molar-refractivity contribution in [2.45, 2.75) is 39.3 Å². The molecule has 124 valence electrons. The zero-order valence-electron chi connectivity index (χ0n) is 14.3. The summed E-state index contributed by atoms with van der Waals surface area (Å²) in [5.41, 5.74) is 3.62. The van der Waals surface area contributed by atoms with Crippen molar-refractivity contribution in [2.24, 2.45) is 0 Å². The number of benzene rings is 2. The van der Waals surface area contributed by atoms with Crippen LogP contribution < -0.4 is 5.32 Å². The Morgan fingerprint density at radius 1 is 1.00 bits per heavy atom. The van der Waals surface area contributed by atoms with Gasteiger partial charge in [-0.1, -0.05) is 24.3 Å². The maximum absolute atomic E-state index is 13.0. The normalized spacial score (nSPS) is 15.5. The Balaban J connectivity index is 1.85. The van der Waals surface area contributed by atoms with E-state index in [1.165, 1.54) is 18.1 Å². The fourth-order valence-corrected chi connectivity index (χ4v) is 3.23. The van der Waals surface area contributed by atoms with E-state index in [1.807, 2.05) is 17.0 Å². The Morgan fingerprint density at radius 3 is 2.25 bits per heavy atom. The van der Waals surface area contributed by atoms with Crippen LogP contribution in [0.4, 0.5) is 5.69 Å². The van der Waals surface area contributed by atoms with Crippen molar-refractivity contribution < 1.29 is 9.59 Å². The average molecular weight is 322 g/mol. The number of nitrogens with one attached hydrogen (secondary N) is 1. The van der Waals surface area contributed by atoms with Crippen LogP contribution in [0.15, 0.2) is 48.5 Å². The van der Waals surface area contributed by atoms with E-state index in [2.05, 4.69) is 31.3 Å². The number of fused-ring (bicyclic) bond motifs is 1. The van der Waals surface area contributed by atoms with Gasteiger partial charge in [0.2, 0.25) is 5.91 Å². The summed E-state index contributed by atoms with van der Waals surface area (Å²) in [4.78, 5) is 26.0. The molecule has 1 aliphatic rings. The Morgan fingerprint density at radius 2 is 1.62 bits per heavy atom. The van der Waals surface area contributed by atoms with Gasteiger partial charge in [-0.15, -0.1) is 0 Å². The van der Waals surface area contributed by atoms with Crippen LogP contribution >= 0.6 is 0 Å². The number of rotatable bonds is 2. The fraction of sp³-hybridized carbons (Fsp3) is 0.300. The van der Waals surface area contributed by atoms with Crippen molar-refractivity contribution in [1.82, 2.24) is 4.90 Å². The van der Waals surface area contributed by atoms with E-state index in [4.69, 9.17) is 0 Å². The van der Waals surface area contributed by atoms with E-state index in [0.29, 0.717) is 17.8 Å². The van der Waals surface area contributed by atoms with E-state index >= 15 is 0 Å². The van der Waals surface area contributed by atoms with Gasteiger partial charge in [-0.05, 0) is 55.7 Å². The minimum absolute atomic E-state index is 0.0175. The third-order valence-electron chi connectivity index (χ3n) is 4.50. The minimum atomic E-state index is -0.234. The minimum Gasteiger partial charge on any atom is -0.329 e. The molecule has 0 aromatic heterocycles. The molecule has 0 saturated carbocycles. The van der Waals surface area contributed by atoms with Crippen LogP contribution in [0, 0.1) is 0 Å². The summed E-state index contributed by atoms with van der Waals surface area (Å²) in [5, 5.41) is 2.72. The average Bonchev–Trinajstić information content (AvgIpc) is 2.53. The molecule has 0 atom stereocenters. The molecular weight excluding hydrogens is 300 g/mol. The summed E-state index contributed by atoms with van der Waals surface area (Å²) >= 11 is 0. The van der Waals surface area contributed by atoms with Crippen LogP contribution in [-0.4, -0.2) is 22.3 Å². The third kappa shape index (κ3) is 3.18. The summed E-state index contributed by atoms with van der Waals surface area (Å²) in [6.07, 6.45) is 0.846. The maximum atomic E-state index is 13.0. The quantitative estimate of drug-likeness (QED) is 0.918. The first kappa shape index (κ1) is 16.2. The van der Waals surface area contributed by atoms with Crippen LogP contribution in [0.2, 0.25) is 0 Å². The van der Waals surface area contributed by atoms with Crippen LogP contribution in [0.5, 0.6) is 0 Å². The monoisotopic (exact) mass is 322 g/mol. The molecule has 0 unspecified atom stereocenters.